The second-order valence-electron chi connectivity index (χ2n) is 5.31. The predicted octanol–water partition coefficient (Wildman–Crippen LogP) is 4.89. The Labute approximate surface area is 152 Å². The summed E-state index contributed by atoms with van der Waals surface area (Å²) in [5.41, 5.74) is 0.971. The number of methoxy groups -OCH3 is 1. The highest BCUT2D eigenvalue weighted by Crippen LogP contribution is 2.29. The number of carbonyl (C=O) groups is 2. The standard InChI is InChI=1S/C18H16F3NO3S/c1-25-16(23)10-13-4-2-3-5-15(13)22-17(24)26-11-12-6-8-14(9-7-12)18(19,20)21/h2-9H,10-11H2,1H3,(H,22,24). The molecule has 1 N–H and O–H groups in total. The van der Waals surface area contributed by atoms with Crippen molar-refractivity contribution in [1.82, 2.24) is 0 Å². The first kappa shape index (κ1) is 19.8. The Hall–Kier alpha value is -2.48. The number of amides is 1. The average Bonchev–Trinajstić information content (AvgIpc) is 2.61. The highest BCUT2D eigenvalue weighted by Gasteiger charge is 2.29. The van der Waals surface area contributed by atoms with Gasteiger partial charge in [-0.2, -0.15) is 13.2 Å². The van der Waals surface area contributed by atoms with E-state index in [4.69, 9.17) is 0 Å². The Morgan fingerprint density at radius 2 is 1.73 bits per heavy atom. The molecule has 0 aliphatic carbocycles. The fraction of sp³-hybridized carbons (Fsp3) is 0.222. The number of esters is 1. The van der Waals surface area contributed by atoms with Crippen molar-refractivity contribution in [1.29, 1.82) is 0 Å². The van der Waals surface area contributed by atoms with Gasteiger partial charge in [0, 0.05) is 11.4 Å². The molecule has 1 amide bonds. The Morgan fingerprint density at radius 1 is 1.08 bits per heavy atom. The van der Waals surface area contributed by atoms with Crippen molar-refractivity contribution in [2.24, 2.45) is 0 Å². The lowest BCUT2D eigenvalue weighted by molar-refractivity contribution is -0.140. The lowest BCUT2D eigenvalue weighted by atomic mass is 10.1. The van der Waals surface area contributed by atoms with Crippen molar-refractivity contribution in [2.45, 2.75) is 18.3 Å². The molecule has 26 heavy (non-hydrogen) atoms. The number of anilines is 1. The van der Waals surface area contributed by atoms with Gasteiger partial charge in [-0.1, -0.05) is 42.1 Å². The first-order valence-corrected chi connectivity index (χ1v) is 8.53. The first-order valence-electron chi connectivity index (χ1n) is 7.54. The second kappa shape index (κ2) is 8.75. The van der Waals surface area contributed by atoms with Crippen molar-refractivity contribution < 1.29 is 27.5 Å². The summed E-state index contributed by atoms with van der Waals surface area (Å²) in [7, 11) is 1.28. The summed E-state index contributed by atoms with van der Waals surface area (Å²) in [5.74, 6) is -0.201. The fourth-order valence-electron chi connectivity index (χ4n) is 2.11. The molecule has 0 spiro atoms. The number of carbonyl (C=O) groups excluding carboxylic acids is 2. The van der Waals surface area contributed by atoms with Crippen molar-refractivity contribution in [3.63, 3.8) is 0 Å². The number of rotatable bonds is 5. The van der Waals surface area contributed by atoms with E-state index in [-0.39, 0.29) is 17.4 Å². The minimum absolute atomic E-state index is 0.0243. The Morgan fingerprint density at radius 3 is 2.35 bits per heavy atom. The van der Waals surface area contributed by atoms with E-state index < -0.39 is 17.7 Å². The number of para-hydroxylation sites is 1. The number of hydrogen-bond donors (Lipinski definition) is 1. The lowest BCUT2D eigenvalue weighted by Gasteiger charge is -2.10. The second-order valence-corrected chi connectivity index (χ2v) is 6.25. The van der Waals surface area contributed by atoms with E-state index in [9.17, 15) is 22.8 Å². The third kappa shape index (κ3) is 5.80. The van der Waals surface area contributed by atoms with Gasteiger partial charge in [0.15, 0.2) is 0 Å². The van der Waals surface area contributed by atoms with Crippen LogP contribution in [0.1, 0.15) is 16.7 Å². The van der Waals surface area contributed by atoms with Gasteiger partial charge in [0.2, 0.25) is 0 Å². The number of halogens is 3. The van der Waals surface area contributed by atoms with Gasteiger partial charge >= 0.3 is 12.1 Å². The molecule has 0 saturated carbocycles. The van der Waals surface area contributed by atoms with Gasteiger partial charge in [-0.15, -0.1) is 0 Å². The number of alkyl halides is 3. The number of nitrogens with one attached hydrogen (secondary N) is 1. The van der Waals surface area contributed by atoms with Gasteiger partial charge in [0.1, 0.15) is 0 Å². The third-order valence-electron chi connectivity index (χ3n) is 3.47. The zero-order chi connectivity index (χ0) is 19.2. The van der Waals surface area contributed by atoms with Gasteiger partial charge in [0.05, 0.1) is 19.1 Å². The van der Waals surface area contributed by atoms with Crippen molar-refractivity contribution in [3.05, 3.63) is 65.2 Å². The predicted molar refractivity (Wildman–Crippen MR) is 93.9 cm³/mol. The quantitative estimate of drug-likeness (QED) is 0.747. The molecule has 4 nitrogen and oxygen atoms in total. The van der Waals surface area contributed by atoms with Gasteiger partial charge in [-0.3, -0.25) is 9.59 Å². The molecule has 2 aromatic carbocycles. The SMILES string of the molecule is COC(=O)Cc1ccccc1NC(=O)SCc1ccc(C(F)(F)F)cc1. The van der Waals surface area contributed by atoms with Crippen LogP contribution in [0.2, 0.25) is 0 Å². The molecule has 0 fully saturated rings. The molecule has 0 aliphatic heterocycles. The maximum absolute atomic E-state index is 12.5. The van der Waals surface area contributed by atoms with Crippen LogP contribution in [0.25, 0.3) is 0 Å². The van der Waals surface area contributed by atoms with Crippen LogP contribution in [0.15, 0.2) is 48.5 Å². The highest BCUT2D eigenvalue weighted by atomic mass is 32.2. The largest absolute Gasteiger partial charge is 0.469 e. The molecule has 0 heterocycles. The monoisotopic (exact) mass is 383 g/mol. The summed E-state index contributed by atoms with van der Waals surface area (Å²) in [6, 6.07) is 11.5. The molecular weight excluding hydrogens is 367 g/mol. The Bertz CT molecular complexity index is 776. The maximum Gasteiger partial charge on any atom is 0.416 e. The third-order valence-corrected chi connectivity index (χ3v) is 4.31. The Kier molecular flexibility index (Phi) is 6.68. The Balaban J connectivity index is 1.94. The molecule has 0 saturated heterocycles. The van der Waals surface area contributed by atoms with E-state index in [1.54, 1.807) is 24.3 Å². The summed E-state index contributed by atoms with van der Waals surface area (Å²) in [6.07, 6.45) is -4.36. The van der Waals surface area contributed by atoms with Gasteiger partial charge in [-0.05, 0) is 29.3 Å². The highest BCUT2D eigenvalue weighted by molar-refractivity contribution is 8.13. The molecule has 0 bridgehead atoms. The summed E-state index contributed by atoms with van der Waals surface area (Å²) in [5, 5.41) is 2.31. The van der Waals surface area contributed by atoms with Crippen LogP contribution in [-0.4, -0.2) is 18.3 Å². The average molecular weight is 383 g/mol. The summed E-state index contributed by atoms with van der Waals surface area (Å²) >= 11 is 0.924. The lowest BCUT2D eigenvalue weighted by Crippen LogP contribution is -2.11. The van der Waals surface area contributed by atoms with Crippen LogP contribution in [0, 0.1) is 0 Å². The molecule has 138 valence electrons. The molecule has 0 aromatic heterocycles. The number of thioether (sulfide) groups is 1. The number of hydrogen-bond acceptors (Lipinski definition) is 4. The molecule has 0 radical (unpaired) electrons. The number of benzene rings is 2. The van der Waals surface area contributed by atoms with Crippen LogP contribution in [0.3, 0.4) is 0 Å². The van der Waals surface area contributed by atoms with E-state index in [2.05, 4.69) is 10.1 Å². The molecule has 0 aliphatic rings. The van der Waals surface area contributed by atoms with Crippen molar-refractivity contribution in [3.8, 4) is 0 Å². The van der Waals surface area contributed by atoms with Crippen LogP contribution in [0.4, 0.5) is 23.7 Å². The number of ether oxygens (including phenoxy) is 1. The van der Waals surface area contributed by atoms with Gasteiger partial charge in [-0.25, -0.2) is 0 Å². The van der Waals surface area contributed by atoms with E-state index in [0.29, 0.717) is 16.8 Å². The van der Waals surface area contributed by atoms with Gasteiger partial charge in [0.25, 0.3) is 5.24 Å². The van der Waals surface area contributed by atoms with Crippen LogP contribution in [-0.2, 0) is 27.9 Å². The zero-order valence-corrected chi connectivity index (χ0v) is 14.6. The van der Waals surface area contributed by atoms with Crippen LogP contribution in [0.5, 0.6) is 0 Å². The van der Waals surface area contributed by atoms with Crippen molar-refractivity contribution in [2.75, 3.05) is 12.4 Å². The molecule has 8 heteroatoms. The van der Waals surface area contributed by atoms with E-state index in [1.807, 2.05) is 0 Å². The minimum Gasteiger partial charge on any atom is -0.469 e. The van der Waals surface area contributed by atoms with E-state index >= 15 is 0 Å². The zero-order valence-electron chi connectivity index (χ0n) is 13.8. The fourth-order valence-corrected chi connectivity index (χ4v) is 2.78. The summed E-state index contributed by atoms with van der Waals surface area (Å²) in [6.45, 7) is 0. The molecular formula is C18H16F3NO3S. The normalized spacial score (nSPS) is 11.1. The molecule has 0 unspecified atom stereocenters. The first-order chi connectivity index (χ1) is 12.3. The molecule has 0 atom stereocenters. The van der Waals surface area contributed by atoms with Crippen LogP contribution >= 0.6 is 11.8 Å². The molecule has 2 rings (SSSR count). The van der Waals surface area contributed by atoms with Crippen LogP contribution < -0.4 is 5.32 Å². The maximum atomic E-state index is 12.5. The van der Waals surface area contributed by atoms with E-state index in [0.717, 1.165) is 23.9 Å². The molecule has 2 aromatic rings. The minimum atomic E-state index is -4.38. The van der Waals surface area contributed by atoms with Crippen molar-refractivity contribution >= 4 is 28.7 Å². The van der Waals surface area contributed by atoms with Gasteiger partial charge < -0.3 is 10.1 Å². The summed E-state index contributed by atoms with van der Waals surface area (Å²) < 4.78 is 42.2. The van der Waals surface area contributed by atoms with E-state index in [1.165, 1.54) is 19.2 Å². The topological polar surface area (TPSA) is 55.4 Å². The summed E-state index contributed by atoms with van der Waals surface area (Å²) in [4.78, 5) is 23.5. The smallest absolute Gasteiger partial charge is 0.416 e.